The number of anilines is 1. The first-order valence-corrected chi connectivity index (χ1v) is 9.93. The van der Waals surface area contributed by atoms with Gasteiger partial charge in [-0.2, -0.15) is 13.2 Å². The number of likely N-dealkylation sites (N-methyl/N-ethyl adjacent to an activating group) is 1. The molecule has 0 saturated carbocycles. The molecule has 0 spiro atoms. The third-order valence-electron chi connectivity index (χ3n) is 5.00. The topological polar surface area (TPSA) is 42.9 Å². The van der Waals surface area contributed by atoms with Gasteiger partial charge < -0.3 is 20.4 Å². The van der Waals surface area contributed by atoms with Gasteiger partial charge in [-0.1, -0.05) is 6.92 Å². The van der Waals surface area contributed by atoms with Crippen molar-refractivity contribution in [1.29, 1.82) is 0 Å². The predicted octanol–water partition coefficient (Wildman–Crippen LogP) is 3.93. The Morgan fingerprint density at radius 1 is 1.17 bits per heavy atom. The SMILES string of the molecule is CCNC(=NCc1cc(C(F)(F)F)ccc1N1CCN(C)CC1)NC(C)CC.I. The molecule has 0 amide bonds. The molecule has 0 radical (unpaired) electrons. The number of hydrogen-bond donors (Lipinski definition) is 2. The number of hydrogen-bond acceptors (Lipinski definition) is 3. The maximum absolute atomic E-state index is 13.2. The maximum atomic E-state index is 13.2. The van der Waals surface area contributed by atoms with Gasteiger partial charge in [-0.15, -0.1) is 24.0 Å². The average molecular weight is 527 g/mol. The van der Waals surface area contributed by atoms with E-state index < -0.39 is 11.7 Å². The molecule has 166 valence electrons. The normalized spacial score (nSPS) is 16.9. The van der Waals surface area contributed by atoms with E-state index in [1.54, 1.807) is 6.07 Å². The second-order valence-corrected chi connectivity index (χ2v) is 7.28. The van der Waals surface area contributed by atoms with Crippen LogP contribution >= 0.6 is 24.0 Å². The van der Waals surface area contributed by atoms with Gasteiger partial charge >= 0.3 is 6.18 Å². The number of guanidine groups is 1. The molecule has 1 atom stereocenters. The Morgan fingerprint density at radius 2 is 1.83 bits per heavy atom. The average Bonchev–Trinajstić information content (AvgIpc) is 2.66. The van der Waals surface area contributed by atoms with E-state index in [1.165, 1.54) is 12.1 Å². The van der Waals surface area contributed by atoms with E-state index in [4.69, 9.17) is 0 Å². The van der Waals surface area contributed by atoms with Crippen LogP contribution in [0.5, 0.6) is 0 Å². The predicted molar refractivity (Wildman–Crippen MR) is 124 cm³/mol. The Bertz CT molecular complexity index is 658. The van der Waals surface area contributed by atoms with Crippen LogP contribution in [0.3, 0.4) is 0 Å². The molecule has 0 aliphatic carbocycles. The van der Waals surface area contributed by atoms with Gasteiger partial charge in [0.25, 0.3) is 0 Å². The van der Waals surface area contributed by atoms with Gasteiger partial charge in [-0.3, -0.25) is 0 Å². The molecule has 1 fully saturated rings. The summed E-state index contributed by atoms with van der Waals surface area (Å²) >= 11 is 0. The number of piperazine rings is 1. The monoisotopic (exact) mass is 527 g/mol. The van der Waals surface area contributed by atoms with E-state index in [0.717, 1.165) is 38.3 Å². The molecule has 2 N–H and O–H groups in total. The number of benzene rings is 1. The summed E-state index contributed by atoms with van der Waals surface area (Å²) in [5, 5.41) is 6.45. The lowest BCUT2D eigenvalue weighted by Gasteiger charge is -2.35. The van der Waals surface area contributed by atoms with Crippen molar-refractivity contribution in [3.63, 3.8) is 0 Å². The first-order valence-electron chi connectivity index (χ1n) is 9.93. The fourth-order valence-electron chi connectivity index (χ4n) is 3.06. The number of nitrogens with zero attached hydrogens (tertiary/aromatic N) is 3. The van der Waals surface area contributed by atoms with Gasteiger partial charge in [0.2, 0.25) is 0 Å². The zero-order valence-corrected chi connectivity index (χ0v) is 20.0. The molecule has 2 rings (SSSR count). The van der Waals surface area contributed by atoms with E-state index in [0.29, 0.717) is 18.1 Å². The first-order chi connectivity index (χ1) is 13.2. The molecule has 0 aromatic heterocycles. The van der Waals surface area contributed by atoms with Gasteiger partial charge in [-0.25, -0.2) is 4.99 Å². The molecule has 1 aliphatic heterocycles. The highest BCUT2D eigenvalue weighted by atomic mass is 127. The van der Waals surface area contributed by atoms with Crippen molar-refractivity contribution < 1.29 is 13.2 Å². The summed E-state index contributed by atoms with van der Waals surface area (Å²) in [5.74, 6) is 0.624. The molecule has 0 bridgehead atoms. The Kier molecular flexibility index (Phi) is 10.5. The summed E-state index contributed by atoms with van der Waals surface area (Å²) in [5.41, 5.74) is 0.806. The number of aliphatic imine (C=N–C) groups is 1. The van der Waals surface area contributed by atoms with E-state index in [2.05, 4.69) is 39.4 Å². The van der Waals surface area contributed by atoms with Crippen LogP contribution in [0.15, 0.2) is 23.2 Å². The summed E-state index contributed by atoms with van der Waals surface area (Å²) in [7, 11) is 2.05. The van der Waals surface area contributed by atoms with Crippen LogP contribution in [-0.4, -0.2) is 56.7 Å². The molecular formula is C20H33F3IN5. The molecule has 1 heterocycles. The van der Waals surface area contributed by atoms with Crippen LogP contribution in [0.1, 0.15) is 38.3 Å². The largest absolute Gasteiger partial charge is 0.416 e. The summed E-state index contributed by atoms with van der Waals surface area (Å²) in [4.78, 5) is 8.93. The minimum Gasteiger partial charge on any atom is -0.369 e. The van der Waals surface area contributed by atoms with Crippen LogP contribution in [-0.2, 0) is 12.7 Å². The second kappa shape index (κ2) is 11.8. The maximum Gasteiger partial charge on any atom is 0.416 e. The fourth-order valence-corrected chi connectivity index (χ4v) is 3.06. The molecule has 1 unspecified atom stereocenters. The Hall–Kier alpha value is -1.23. The Labute approximate surface area is 189 Å². The van der Waals surface area contributed by atoms with Crippen molar-refractivity contribution in [3.05, 3.63) is 29.3 Å². The van der Waals surface area contributed by atoms with Crippen LogP contribution in [0, 0.1) is 0 Å². The van der Waals surface area contributed by atoms with E-state index in [-0.39, 0.29) is 36.6 Å². The third kappa shape index (κ3) is 7.84. The summed E-state index contributed by atoms with van der Waals surface area (Å²) in [6.45, 7) is 10.3. The van der Waals surface area contributed by atoms with Gasteiger partial charge in [0.05, 0.1) is 12.1 Å². The Morgan fingerprint density at radius 3 is 2.38 bits per heavy atom. The highest BCUT2D eigenvalue weighted by Gasteiger charge is 2.31. The lowest BCUT2D eigenvalue weighted by Crippen LogP contribution is -2.45. The van der Waals surface area contributed by atoms with Gasteiger partial charge in [0, 0.05) is 44.5 Å². The molecule has 5 nitrogen and oxygen atoms in total. The number of rotatable bonds is 6. The Balaban J connectivity index is 0.00000420. The van der Waals surface area contributed by atoms with Crippen molar-refractivity contribution in [2.75, 3.05) is 44.7 Å². The van der Waals surface area contributed by atoms with Gasteiger partial charge in [0.1, 0.15) is 0 Å². The van der Waals surface area contributed by atoms with Crippen LogP contribution < -0.4 is 15.5 Å². The van der Waals surface area contributed by atoms with Crippen molar-refractivity contribution in [2.45, 2.75) is 46.0 Å². The molecule has 1 saturated heterocycles. The zero-order chi connectivity index (χ0) is 20.7. The molecule has 1 aliphatic rings. The van der Waals surface area contributed by atoms with Crippen molar-refractivity contribution in [2.24, 2.45) is 4.99 Å². The standard InChI is InChI=1S/C20H32F3N5.HI/c1-5-15(3)26-19(24-6-2)25-14-16-13-17(20(21,22)23)7-8-18(16)28-11-9-27(4)10-12-28;/h7-8,13,15H,5-6,9-12,14H2,1-4H3,(H2,24,25,26);1H. The van der Waals surface area contributed by atoms with Gasteiger partial charge in [0.15, 0.2) is 5.96 Å². The quantitative estimate of drug-likeness (QED) is 0.335. The first kappa shape index (κ1) is 25.8. The lowest BCUT2D eigenvalue weighted by atomic mass is 10.1. The number of alkyl halides is 3. The number of nitrogens with one attached hydrogen (secondary N) is 2. The van der Waals surface area contributed by atoms with Crippen LogP contribution in [0.25, 0.3) is 0 Å². The number of halogens is 4. The summed E-state index contributed by atoms with van der Waals surface area (Å²) in [6, 6.07) is 4.23. The molecule has 9 heteroatoms. The minimum atomic E-state index is -4.36. The van der Waals surface area contributed by atoms with Crippen molar-refractivity contribution in [3.8, 4) is 0 Å². The smallest absolute Gasteiger partial charge is 0.369 e. The lowest BCUT2D eigenvalue weighted by molar-refractivity contribution is -0.137. The third-order valence-corrected chi connectivity index (χ3v) is 5.00. The highest BCUT2D eigenvalue weighted by Crippen LogP contribution is 2.33. The van der Waals surface area contributed by atoms with Gasteiger partial charge in [-0.05, 0) is 51.1 Å². The van der Waals surface area contributed by atoms with Crippen LogP contribution in [0.4, 0.5) is 18.9 Å². The molecule has 1 aromatic rings. The van der Waals surface area contributed by atoms with E-state index in [9.17, 15) is 13.2 Å². The van der Waals surface area contributed by atoms with Crippen molar-refractivity contribution in [1.82, 2.24) is 15.5 Å². The van der Waals surface area contributed by atoms with E-state index in [1.807, 2.05) is 13.8 Å². The molecule has 1 aromatic carbocycles. The van der Waals surface area contributed by atoms with E-state index >= 15 is 0 Å². The minimum absolute atomic E-state index is 0. The summed E-state index contributed by atoms with van der Waals surface area (Å²) in [6.07, 6.45) is -3.43. The highest BCUT2D eigenvalue weighted by molar-refractivity contribution is 14.0. The fraction of sp³-hybridized carbons (Fsp3) is 0.650. The zero-order valence-electron chi connectivity index (χ0n) is 17.6. The molecule has 29 heavy (non-hydrogen) atoms. The second-order valence-electron chi connectivity index (χ2n) is 7.28. The molecular weight excluding hydrogens is 494 g/mol. The summed E-state index contributed by atoms with van der Waals surface area (Å²) < 4.78 is 39.7. The van der Waals surface area contributed by atoms with Crippen molar-refractivity contribution >= 4 is 35.6 Å². The van der Waals surface area contributed by atoms with Crippen LogP contribution in [0.2, 0.25) is 0 Å².